The van der Waals surface area contributed by atoms with Crippen LogP contribution < -0.4 is 4.74 Å². The molecule has 14 heavy (non-hydrogen) atoms. The highest BCUT2D eigenvalue weighted by molar-refractivity contribution is 6.57. The lowest BCUT2D eigenvalue weighted by atomic mass is 10.3. The van der Waals surface area contributed by atoms with E-state index < -0.39 is 8.80 Å². The van der Waals surface area contributed by atoms with Crippen LogP contribution in [-0.2, 0) is 0 Å². The van der Waals surface area contributed by atoms with Crippen LogP contribution in [0.5, 0.6) is 11.5 Å². The van der Waals surface area contributed by atoms with Crippen LogP contribution in [-0.4, -0.2) is 19.6 Å². The summed E-state index contributed by atoms with van der Waals surface area (Å²) in [5.41, 5.74) is 0.152. The number of phenols is 1. The second kappa shape index (κ2) is 4.86. The first-order chi connectivity index (χ1) is 6.63. The van der Waals surface area contributed by atoms with Gasteiger partial charge in [0.25, 0.3) is 0 Å². The van der Waals surface area contributed by atoms with Crippen molar-refractivity contribution in [3.8, 4) is 11.5 Å². The molecule has 0 saturated carbocycles. The van der Waals surface area contributed by atoms with Crippen molar-refractivity contribution in [2.75, 3.05) is 0 Å². The van der Waals surface area contributed by atoms with E-state index in [1.807, 2.05) is 6.08 Å². The summed E-state index contributed by atoms with van der Waals surface area (Å²) in [6, 6.07) is 6.78. The summed E-state index contributed by atoms with van der Waals surface area (Å²) in [5.74, 6) is 1.04. The van der Waals surface area contributed by atoms with Gasteiger partial charge in [0.1, 0.15) is 17.2 Å². The molecule has 0 heterocycles. The molecule has 1 unspecified atom stereocenters. The van der Waals surface area contributed by atoms with Gasteiger partial charge in [0.05, 0.1) is 8.80 Å². The van der Waals surface area contributed by atoms with E-state index in [1.165, 1.54) is 0 Å². The molecule has 0 amide bonds. The smallest absolute Gasteiger partial charge is 0.119 e. The number of ether oxygens (including phenoxy) is 1. The normalized spacial score (nSPS) is 12.5. The maximum atomic E-state index is 9.09. The zero-order valence-corrected chi connectivity index (χ0v) is 9.76. The highest BCUT2D eigenvalue weighted by Crippen LogP contribution is 2.18. The summed E-state index contributed by atoms with van der Waals surface area (Å²) in [5, 5.41) is 9.09. The first-order valence-electron chi connectivity index (χ1n) is 4.71. The van der Waals surface area contributed by atoms with Gasteiger partial charge in [-0.3, -0.25) is 0 Å². The molecule has 0 aliphatic heterocycles. The standard InChI is InChI=1S/C11H16O2Si/c1-4-11(14(2)3)13-10-7-5-9(12)6-8-10/h4-8,11-12,14H,1H2,2-3H3. The maximum absolute atomic E-state index is 9.09. The molecule has 0 radical (unpaired) electrons. The maximum Gasteiger partial charge on any atom is 0.119 e. The zero-order chi connectivity index (χ0) is 10.6. The number of hydrogen-bond donors (Lipinski definition) is 1. The van der Waals surface area contributed by atoms with Gasteiger partial charge in [-0.15, -0.1) is 0 Å². The number of benzene rings is 1. The average Bonchev–Trinajstić information content (AvgIpc) is 2.16. The van der Waals surface area contributed by atoms with Crippen molar-refractivity contribution >= 4 is 8.80 Å². The summed E-state index contributed by atoms with van der Waals surface area (Å²) in [6.07, 6.45) is 1.85. The highest BCUT2D eigenvalue weighted by atomic mass is 28.3. The molecule has 2 nitrogen and oxygen atoms in total. The molecule has 76 valence electrons. The summed E-state index contributed by atoms with van der Waals surface area (Å²) in [4.78, 5) is 0. The Labute approximate surface area is 86.5 Å². The van der Waals surface area contributed by atoms with E-state index >= 15 is 0 Å². The Bertz CT molecular complexity index is 293. The van der Waals surface area contributed by atoms with Crippen LogP contribution in [0.15, 0.2) is 36.9 Å². The Hall–Kier alpha value is -1.22. The van der Waals surface area contributed by atoms with Gasteiger partial charge in [-0.2, -0.15) is 0 Å². The molecule has 0 aromatic heterocycles. The van der Waals surface area contributed by atoms with E-state index in [-0.39, 0.29) is 11.5 Å². The summed E-state index contributed by atoms with van der Waals surface area (Å²) in [6.45, 7) is 8.19. The molecule has 1 atom stereocenters. The third-order valence-electron chi connectivity index (χ3n) is 2.00. The van der Waals surface area contributed by atoms with Crippen molar-refractivity contribution in [3.63, 3.8) is 0 Å². The highest BCUT2D eigenvalue weighted by Gasteiger charge is 2.11. The van der Waals surface area contributed by atoms with Gasteiger partial charge in [-0.1, -0.05) is 25.7 Å². The van der Waals surface area contributed by atoms with Crippen LogP contribution in [0, 0.1) is 0 Å². The molecular weight excluding hydrogens is 192 g/mol. The first kappa shape index (κ1) is 10.9. The molecule has 0 aliphatic carbocycles. The predicted molar refractivity (Wildman–Crippen MR) is 61.6 cm³/mol. The largest absolute Gasteiger partial charge is 0.508 e. The molecule has 0 spiro atoms. The molecule has 0 aliphatic rings. The SMILES string of the molecule is C=CC(Oc1ccc(O)cc1)[SiH](C)C. The third kappa shape index (κ3) is 2.92. The quantitative estimate of drug-likeness (QED) is 0.608. The van der Waals surface area contributed by atoms with Gasteiger partial charge in [0.2, 0.25) is 0 Å². The van der Waals surface area contributed by atoms with Gasteiger partial charge in [-0.25, -0.2) is 0 Å². The van der Waals surface area contributed by atoms with Crippen LogP contribution in [0.3, 0.4) is 0 Å². The Balaban J connectivity index is 2.67. The first-order valence-corrected chi connectivity index (χ1v) is 7.69. The lowest BCUT2D eigenvalue weighted by Gasteiger charge is -2.17. The van der Waals surface area contributed by atoms with Gasteiger partial charge < -0.3 is 9.84 Å². The van der Waals surface area contributed by atoms with Crippen LogP contribution in [0.2, 0.25) is 13.1 Å². The van der Waals surface area contributed by atoms with Gasteiger partial charge in [0.15, 0.2) is 0 Å². The average molecular weight is 208 g/mol. The number of rotatable bonds is 4. The topological polar surface area (TPSA) is 29.5 Å². The van der Waals surface area contributed by atoms with Crippen molar-refractivity contribution in [2.45, 2.75) is 18.8 Å². The van der Waals surface area contributed by atoms with Gasteiger partial charge >= 0.3 is 0 Å². The summed E-state index contributed by atoms with van der Waals surface area (Å²) in [7, 11) is -0.870. The molecule has 3 heteroatoms. The molecule has 1 rings (SSSR count). The van der Waals surface area contributed by atoms with E-state index in [2.05, 4.69) is 19.7 Å². The van der Waals surface area contributed by atoms with Crippen LogP contribution in [0.1, 0.15) is 0 Å². The van der Waals surface area contributed by atoms with Crippen LogP contribution in [0.4, 0.5) is 0 Å². The number of hydrogen-bond acceptors (Lipinski definition) is 2. The minimum Gasteiger partial charge on any atom is -0.508 e. The Morgan fingerprint density at radius 2 is 1.93 bits per heavy atom. The fourth-order valence-electron chi connectivity index (χ4n) is 1.14. The zero-order valence-electron chi connectivity index (χ0n) is 8.60. The molecular formula is C11H16O2Si. The molecule has 0 fully saturated rings. The fourth-order valence-corrected chi connectivity index (χ4v) is 2.11. The Kier molecular flexibility index (Phi) is 3.77. The molecule has 0 saturated heterocycles. The lowest BCUT2D eigenvalue weighted by Crippen LogP contribution is -2.28. The van der Waals surface area contributed by atoms with Crippen LogP contribution >= 0.6 is 0 Å². The monoisotopic (exact) mass is 208 g/mol. The summed E-state index contributed by atoms with van der Waals surface area (Å²) >= 11 is 0. The van der Waals surface area contributed by atoms with Crippen molar-refractivity contribution in [1.29, 1.82) is 0 Å². The van der Waals surface area contributed by atoms with Crippen molar-refractivity contribution in [3.05, 3.63) is 36.9 Å². The van der Waals surface area contributed by atoms with E-state index in [9.17, 15) is 0 Å². The van der Waals surface area contributed by atoms with Gasteiger partial charge in [0, 0.05) is 0 Å². The number of phenolic OH excluding ortho intramolecular Hbond substituents is 1. The van der Waals surface area contributed by atoms with E-state index in [0.29, 0.717) is 0 Å². The minimum atomic E-state index is -0.870. The second-order valence-electron chi connectivity index (χ2n) is 3.56. The third-order valence-corrected chi connectivity index (χ3v) is 3.72. The lowest BCUT2D eigenvalue weighted by molar-refractivity contribution is 0.318. The minimum absolute atomic E-state index is 0.152. The Morgan fingerprint density at radius 3 is 2.36 bits per heavy atom. The molecule has 1 aromatic carbocycles. The van der Waals surface area contributed by atoms with Gasteiger partial charge in [-0.05, 0) is 24.3 Å². The second-order valence-corrected chi connectivity index (χ2v) is 6.70. The van der Waals surface area contributed by atoms with Crippen molar-refractivity contribution in [2.24, 2.45) is 0 Å². The fraction of sp³-hybridized carbons (Fsp3) is 0.273. The predicted octanol–water partition coefficient (Wildman–Crippen LogP) is 2.35. The summed E-state index contributed by atoms with van der Waals surface area (Å²) < 4.78 is 5.71. The van der Waals surface area contributed by atoms with E-state index in [0.717, 1.165) is 5.75 Å². The number of aromatic hydroxyl groups is 1. The van der Waals surface area contributed by atoms with Crippen molar-refractivity contribution < 1.29 is 9.84 Å². The van der Waals surface area contributed by atoms with Crippen molar-refractivity contribution in [1.82, 2.24) is 0 Å². The molecule has 1 N–H and O–H groups in total. The van der Waals surface area contributed by atoms with E-state index in [4.69, 9.17) is 9.84 Å². The molecule has 0 bridgehead atoms. The molecule has 1 aromatic rings. The van der Waals surface area contributed by atoms with E-state index in [1.54, 1.807) is 24.3 Å². The van der Waals surface area contributed by atoms with Crippen LogP contribution in [0.25, 0.3) is 0 Å². The Morgan fingerprint density at radius 1 is 1.36 bits per heavy atom.